The van der Waals surface area contributed by atoms with Gasteiger partial charge in [0.15, 0.2) is 0 Å². The molecule has 0 fully saturated rings. The molecule has 0 aliphatic carbocycles. The minimum atomic E-state index is 1.14. The van der Waals surface area contributed by atoms with Crippen LogP contribution in [0.1, 0.15) is 187 Å². The van der Waals surface area contributed by atoms with E-state index in [-0.39, 0.29) is 0 Å². The zero-order chi connectivity index (χ0) is 24.1. The molecule has 0 rings (SSSR count). The molecule has 0 atom stereocenters. The van der Waals surface area contributed by atoms with Gasteiger partial charge in [-0.2, -0.15) is 0 Å². The number of hydrogen-bond donors (Lipinski definition) is 0. The highest BCUT2D eigenvalue weighted by Crippen LogP contribution is 2.16. The lowest BCUT2D eigenvalue weighted by atomic mass is 10.0. The molecule has 0 spiro atoms. The monoisotopic (exact) mass is 465 g/mol. The Morgan fingerprint density at radius 2 is 0.636 bits per heavy atom. The average Bonchev–Trinajstić information content (AvgIpc) is 2.82. The molecule has 0 radical (unpaired) electrons. The lowest BCUT2D eigenvalue weighted by Crippen LogP contribution is -2.00. The quantitative estimate of drug-likeness (QED) is 0.0639. The molecule has 33 heavy (non-hydrogen) atoms. The van der Waals surface area contributed by atoms with Gasteiger partial charge in [0.1, 0.15) is 7.11 Å². The van der Waals surface area contributed by atoms with Crippen molar-refractivity contribution >= 4 is 5.71 Å². The lowest BCUT2D eigenvalue weighted by molar-refractivity contribution is 0.211. The highest BCUT2D eigenvalue weighted by Gasteiger charge is 2.02. The Balaban J connectivity index is 3.33. The molecule has 0 bridgehead atoms. The van der Waals surface area contributed by atoms with E-state index in [9.17, 15) is 0 Å². The van der Waals surface area contributed by atoms with Crippen LogP contribution in [0.5, 0.6) is 0 Å². The van der Waals surface area contributed by atoms with E-state index in [1.807, 2.05) is 0 Å². The van der Waals surface area contributed by atoms with Crippen LogP contribution >= 0.6 is 0 Å². The van der Waals surface area contributed by atoms with Crippen LogP contribution in [0.3, 0.4) is 0 Å². The van der Waals surface area contributed by atoms with Crippen molar-refractivity contribution < 1.29 is 4.84 Å². The van der Waals surface area contributed by atoms with E-state index < -0.39 is 0 Å². The maximum atomic E-state index is 5.09. The van der Waals surface area contributed by atoms with Gasteiger partial charge in [-0.25, -0.2) is 0 Å². The fraction of sp³-hybridized carbons (Fsp3) is 0.968. The van der Waals surface area contributed by atoms with E-state index in [0.29, 0.717) is 0 Å². The highest BCUT2D eigenvalue weighted by molar-refractivity contribution is 5.83. The van der Waals surface area contributed by atoms with Crippen molar-refractivity contribution in [1.29, 1.82) is 0 Å². The van der Waals surface area contributed by atoms with Crippen molar-refractivity contribution in [3.8, 4) is 0 Å². The van der Waals surface area contributed by atoms with Crippen molar-refractivity contribution in [2.24, 2.45) is 5.16 Å². The Morgan fingerprint density at radius 1 is 0.394 bits per heavy atom. The normalized spacial score (nSPS) is 11.9. The van der Waals surface area contributed by atoms with Gasteiger partial charge in [0, 0.05) is 0 Å². The molecule has 0 heterocycles. The van der Waals surface area contributed by atoms with Crippen LogP contribution in [-0.2, 0) is 4.84 Å². The van der Waals surface area contributed by atoms with Crippen molar-refractivity contribution in [2.75, 3.05) is 7.11 Å². The molecule has 0 aromatic rings. The van der Waals surface area contributed by atoms with Crippen LogP contribution in [0.25, 0.3) is 0 Å². The fourth-order valence-electron chi connectivity index (χ4n) is 4.86. The molecule has 0 saturated heterocycles. The van der Waals surface area contributed by atoms with E-state index in [1.165, 1.54) is 166 Å². The van der Waals surface area contributed by atoms with Crippen molar-refractivity contribution in [1.82, 2.24) is 0 Å². The van der Waals surface area contributed by atoms with Crippen LogP contribution in [0.2, 0.25) is 0 Å². The topological polar surface area (TPSA) is 21.6 Å². The summed E-state index contributed by atoms with van der Waals surface area (Å²) in [6.07, 6.45) is 37.7. The molecule has 0 aliphatic heterocycles. The summed E-state index contributed by atoms with van der Waals surface area (Å²) in [6, 6.07) is 0. The van der Waals surface area contributed by atoms with E-state index in [4.69, 9.17) is 4.84 Å². The SMILES string of the molecule is CCCCCCCCCCCCCCCCCCCCC(CCCCCCCCC)=NOC. The summed E-state index contributed by atoms with van der Waals surface area (Å²) in [5.74, 6) is 0. The first-order valence-corrected chi connectivity index (χ1v) is 15.4. The van der Waals surface area contributed by atoms with Gasteiger partial charge in [0.2, 0.25) is 0 Å². The summed E-state index contributed by atoms with van der Waals surface area (Å²) in [6.45, 7) is 4.59. The lowest BCUT2D eigenvalue weighted by Gasteiger charge is -2.07. The van der Waals surface area contributed by atoms with Gasteiger partial charge in [-0.1, -0.05) is 167 Å². The first-order chi connectivity index (χ1) is 16.3. The van der Waals surface area contributed by atoms with Crippen LogP contribution in [-0.4, -0.2) is 12.8 Å². The molecular formula is C31H63NO. The molecule has 0 aromatic carbocycles. The largest absolute Gasteiger partial charge is 0.399 e. The van der Waals surface area contributed by atoms with Crippen LogP contribution < -0.4 is 0 Å². The number of hydrogen-bond acceptors (Lipinski definition) is 2. The van der Waals surface area contributed by atoms with E-state index in [0.717, 1.165) is 12.8 Å². The maximum absolute atomic E-state index is 5.09. The third kappa shape index (κ3) is 27.6. The first-order valence-electron chi connectivity index (χ1n) is 15.4. The van der Waals surface area contributed by atoms with E-state index in [2.05, 4.69) is 19.0 Å². The Bertz CT molecular complexity index is 379. The third-order valence-corrected chi connectivity index (χ3v) is 7.11. The Morgan fingerprint density at radius 3 is 0.879 bits per heavy atom. The predicted molar refractivity (Wildman–Crippen MR) is 150 cm³/mol. The minimum Gasteiger partial charge on any atom is -0.399 e. The van der Waals surface area contributed by atoms with Gasteiger partial charge in [-0.3, -0.25) is 0 Å². The fourth-order valence-corrected chi connectivity index (χ4v) is 4.86. The molecule has 0 saturated carbocycles. The van der Waals surface area contributed by atoms with E-state index >= 15 is 0 Å². The number of unbranched alkanes of at least 4 members (excludes halogenated alkanes) is 23. The Kier molecular flexibility index (Phi) is 29.0. The summed E-state index contributed by atoms with van der Waals surface area (Å²) in [7, 11) is 1.69. The second-order valence-corrected chi connectivity index (χ2v) is 10.5. The van der Waals surface area contributed by atoms with Gasteiger partial charge in [0.25, 0.3) is 0 Å². The van der Waals surface area contributed by atoms with Crippen LogP contribution in [0.4, 0.5) is 0 Å². The summed E-state index contributed by atoms with van der Waals surface area (Å²) in [5, 5.41) is 4.30. The molecule has 2 nitrogen and oxygen atoms in total. The number of nitrogens with zero attached hydrogens (tertiary/aromatic N) is 1. The molecule has 0 aliphatic rings. The zero-order valence-corrected chi connectivity index (χ0v) is 23.4. The van der Waals surface area contributed by atoms with Crippen LogP contribution in [0.15, 0.2) is 5.16 Å². The second-order valence-electron chi connectivity index (χ2n) is 10.5. The van der Waals surface area contributed by atoms with Gasteiger partial charge in [0.05, 0.1) is 5.71 Å². The average molecular weight is 466 g/mol. The van der Waals surface area contributed by atoms with Crippen molar-refractivity contribution in [2.45, 2.75) is 187 Å². The van der Waals surface area contributed by atoms with Crippen molar-refractivity contribution in [3.05, 3.63) is 0 Å². The minimum absolute atomic E-state index is 1.14. The first kappa shape index (κ1) is 32.5. The molecule has 2 heteroatoms. The van der Waals surface area contributed by atoms with Gasteiger partial charge in [-0.15, -0.1) is 0 Å². The summed E-state index contributed by atoms with van der Waals surface area (Å²) >= 11 is 0. The van der Waals surface area contributed by atoms with Gasteiger partial charge >= 0.3 is 0 Å². The number of oxime groups is 1. The molecule has 198 valence electrons. The van der Waals surface area contributed by atoms with Crippen LogP contribution in [0, 0.1) is 0 Å². The molecule has 0 unspecified atom stereocenters. The highest BCUT2D eigenvalue weighted by atomic mass is 16.6. The Hall–Kier alpha value is -0.530. The third-order valence-electron chi connectivity index (χ3n) is 7.11. The summed E-state index contributed by atoms with van der Waals surface area (Å²) in [5.41, 5.74) is 1.29. The van der Waals surface area contributed by atoms with Crippen molar-refractivity contribution in [3.63, 3.8) is 0 Å². The van der Waals surface area contributed by atoms with Gasteiger partial charge in [-0.05, 0) is 25.7 Å². The summed E-state index contributed by atoms with van der Waals surface area (Å²) in [4.78, 5) is 5.09. The van der Waals surface area contributed by atoms with Gasteiger partial charge < -0.3 is 4.84 Å². The molecule has 0 amide bonds. The predicted octanol–water partition coefficient (Wildman–Crippen LogP) is 11.6. The van der Waals surface area contributed by atoms with E-state index in [1.54, 1.807) is 7.11 Å². The molecule has 0 N–H and O–H groups in total. The maximum Gasteiger partial charge on any atom is 0.106 e. The smallest absolute Gasteiger partial charge is 0.106 e. The standard InChI is InChI=1S/C31H63NO/c1-4-6-8-10-12-13-14-15-16-17-18-19-20-21-22-24-26-28-30-31(32-33-3)29-27-25-23-11-9-7-5-2/h4-30H2,1-3H3. The Labute approximate surface area is 210 Å². The second kappa shape index (κ2) is 29.5. The zero-order valence-electron chi connectivity index (χ0n) is 23.4. The number of rotatable bonds is 28. The molecular weight excluding hydrogens is 402 g/mol. The summed E-state index contributed by atoms with van der Waals surface area (Å²) < 4.78 is 0. The molecule has 0 aromatic heterocycles.